The first-order chi connectivity index (χ1) is 16.8. The number of benzene rings is 3. The maximum atomic E-state index is 12.1. The molecule has 3 aromatic carbocycles. The van der Waals surface area contributed by atoms with Gasteiger partial charge in [0, 0.05) is 21.1 Å². The zero-order chi connectivity index (χ0) is 26.8. The molecule has 1 unspecified atom stereocenters. The summed E-state index contributed by atoms with van der Waals surface area (Å²) in [5.41, 5.74) is 2.04. The summed E-state index contributed by atoms with van der Waals surface area (Å²) >= 11 is 0. The number of aliphatic carboxylic acids is 1. The molecule has 3 rings (SSSR count). The molecule has 7 nitrogen and oxygen atoms in total. The van der Waals surface area contributed by atoms with Gasteiger partial charge in [-0.05, 0) is 21.7 Å². The van der Waals surface area contributed by atoms with Gasteiger partial charge in [0.05, 0.1) is 5.57 Å². The van der Waals surface area contributed by atoms with E-state index in [-0.39, 0.29) is 29.6 Å². The van der Waals surface area contributed by atoms with Crippen molar-refractivity contribution in [2.24, 2.45) is 0 Å². The summed E-state index contributed by atoms with van der Waals surface area (Å²) in [5.74, 6) is -0.900. The Morgan fingerprint density at radius 1 is 0.571 bits per heavy atom. The fourth-order valence-electron chi connectivity index (χ4n) is 2.53. The second-order valence-corrected chi connectivity index (χ2v) is 6.61. The van der Waals surface area contributed by atoms with Gasteiger partial charge in [0.1, 0.15) is 0 Å². The molecule has 0 saturated heterocycles. The van der Waals surface area contributed by atoms with Gasteiger partial charge >= 0.3 is 62.5 Å². The van der Waals surface area contributed by atoms with Crippen LogP contribution in [-0.4, -0.2) is 11.1 Å². The normalized spacial score (nSPS) is 8.63. The zero-order valence-electron chi connectivity index (χ0n) is 18.0. The topological polar surface area (TPSA) is 137 Å². The van der Waals surface area contributed by atoms with Crippen LogP contribution in [0.2, 0.25) is 0 Å². The third kappa shape index (κ3) is 15.3. The van der Waals surface area contributed by atoms with Crippen LogP contribution in [0.3, 0.4) is 0 Å². The zero-order valence-corrected chi connectivity index (χ0v) is 21.9. The Kier molecular flexibility index (Phi) is 31.9. The molecule has 0 aliphatic rings. The first-order valence-corrected chi connectivity index (χ1v) is 9.68. The molecule has 0 radical (unpaired) electrons. The summed E-state index contributed by atoms with van der Waals surface area (Å²) in [4.78, 5) is 12.1. The second-order valence-electron chi connectivity index (χ2n) is 5.28. The van der Waals surface area contributed by atoms with Crippen molar-refractivity contribution in [3.05, 3.63) is 135 Å². The van der Waals surface area contributed by atoms with Crippen molar-refractivity contribution in [2.75, 3.05) is 0 Å². The minimum Gasteiger partial charge on any atom is 0 e. The van der Waals surface area contributed by atoms with Gasteiger partial charge < -0.3 is 5.11 Å². The SMILES string of the molecule is O=C(O)/C(=C(\Pc1ccccc1)c1ccccc1)c1ccccc1.[C-]#[O+].[C-]#[O+].[C-]#[O+].[C-]#[O+].[C-]#[O+].[W]. The van der Waals surface area contributed by atoms with Crippen LogP contribution in [0.4, 0.5) is 0 Å². The first-order valence-electron chi connectivity index (χ1n) is 8.68. The van der Waals surface area contributed by atoms with Gasteiger partial charge in [-0.3, -0.25) is 0 Å². The molecular weight excluding hydrogens is 639 g/mol. The van der Waals surface area contributed by atoms with E-state index >= 15 is 0 Å². The smallest absolute Gasteiger partial charge is 0 e. The number of carbonyl (C=O) groups is 1. The van der Waals surface area contributed by atoms with Gasteiger partial charge in [0.25, 0.3) is 0 Å². The molecule has 0 bridgehead atoms. The number of carboxylic acids is 1. The predicted octanol–water partition coefficient (Wildman–Crippen LogP) is 4.45. The summed E-state index contributed by atoms with van der Waals surface area (Å²) in [6, 6.07) is 29.1. The van der Waals surface area contributed by atoms with Crippen molar-refractivity contribution in [1.29, 1.82) is 0 Å². The summed E-state index contributed by atoms with van der Waals surface area (Å²) in [6.07, 6.45) is 0. The van der Waals surface area contributed by atoms with Crippen molar-refractivity contribution in [1.82, 2.24) is 0 Å². The molecule has 0 saturated carbocycles. The minimum atomic E-state index is -0.900. The summed E-state index contributed by atoms with van der Waals surface area (Å²) < 4.78 is 37.5. The molecule has 0 aromatic heterocycles. The standard InChI is InChI=1S/C21H17O2P.5CO.W/c22-21(23)19(16-10-4-1-5-11-16)20(17-12-6-2-7-13-17)24-18-14-8-3-9-15-18;5*1-2;/h1-15,24H,(H,22,23);;;;;;/b20-19-;;;;;;. The molecule has 0 heterocycles. The molecule has 1 N–H and O–H groups in total. The fourth-order valence-corrected chi connectivity index (χ4v) is 3.86. The van der Waals surface area contributed by atoms with Crippen molar-refractivity contribution in [3.8, 4) is 0 Å². The molecule has 0 fully saturated rings. The molecule has 9 heteroatoms. The van der Waals surface area contributed by atoms with Gasteiger partial charge in [0.15, 0.2) is 0 Å². The Balaban J connectivity index is -0.000000390. The maximum Gasteiger partial charge on any atom is 0 e. The van der Waals surface area contributed by atoms with E-state index in [1.165, 1.54) is 0 Å². The van der Waals surface area contributed by atoms with E-state index in [1.54, 1.807) is 0 Å². The summed E-state index contributed by atoms with van der Waals surface area (Å²) in [7, 11) is 0.270. The Hall–Kier alpha value is -3.31. The molecule has 3 aromatic rings. The van der Waals surface area contributed by atoms with E-state index in [2.05, 4.69) is 33.3 Å². The monoisotopic (exact) mass is 656 g/mol. The van der Waals surface area contributed by atoms with Crippen molar-refractivity contribution < 1.29 is 54.2 Å². The van der Waals surface area contributed by atoms with Crippen molar-refractivity contribution in [2.45, 2.75) is 0 Å². The van der Waals surface area contributed by atoms with Crippen LogP contribution in [-0.2, 0) is 49.1 Å². The Morgan fingerprint density at radius 2 is 0.886 bits per heavy atom. The van der Waals surface area contributed by atoms with Crippen LogP contribution >= 0.6 is 8.58 Å². The van der Waals surface area contributed by atoms with E-state index in [9.17, 15) is 9.90 Å². The van der Waals surface area contributed by atoms with Crippen molar-refractivity contribution >= 4 is 30.7 Å². The molecule has 0 spiro atoms. The average Bonchev–Trinajstić information content (AvgIpc) is 2.95. The van der Waals surface area contributed by atoms with Gasteiger partial charge in [-0.15, -0.1) is 0 Å². The number of hydrogen-bond acceptors (Lipinski definition) is 1. The van der Waals surface area contributed by atoms with Crippen molar-refractivity contribution in [3.63, 3.8) is 0 Å². The molecule has 0 aliphatic carbocycles. The Morgan fingerprint density at radius 3 is 1.23 bits per heavy atom. The number of hydrogen-bond donors (Lipinski definition) is 1. The van der Waals surface area contributed by atoms with Crippen LogP contribution in [0.15, 0.2) is 91.0 Å². The quantitative estimate of drug-likeness (QED) is 0.143. The fraction of sp³-hybridized carbons (Fsp3) is 0. The largest absolute Gasteiger partial charge is 0 e. The van der Waals surface area contributed by atoms with E-state index in [0.29, 0.717) is 5.57 Å². The molecule has 35 heavy (non-hydrogen) atoms. The summed E-state index contributed by atoms with van der Waals surface area (Å²) in [6.45, 7) is 22.5. The van der Waals surface area contributed by atoms with E-state index in [1.807, 2.05) is 91.0 Å². The molecule has 1 atom stereocenters. The first kappa shape index (κ1) is 38.9. The second kappa shape index (κ2) is 28.7. The molecule has 0 amide bonds. The predicted molar refractivity (Wildman–Crippen MR) is 121 cm³/mol. The van der Waals surface area contributed by atoms with E-state index in [4.69, 9.17) is 23.3 Å². The van der Waals surface area contributed by atoms with E-state index < -0.39 is 5.97 Å². The Bertz CT molecular complexity index is 1040. The minimum absolute atomic E-state index is 0. The van der Waals surface area contributed by atoms with Crippen LogP contribution in [0, 0.1) is 33.3 Å². The van der Waals surface area contributed by atoms with Crippen LogP contribution in [0.1, 0.15) is 11.1 Å². The van der Waals surface area contributed by atoms with Crippen LogP contribution in [0.5, 0.6) is 0 Å². The number of carboxylic acid groups (broad SMARTS) is 1. The summed E-state index contributed by atoms with van der Waals surface area (Å²) in [5, 5.41) is 11.8. The third-order valence-corrected chi connectivity index (χ3v) is 5.04. The van der Waals surface area contributed by atoms with E-state index in [0.717, 1.165) is 21.7 Å². The molecule has 0 aliphatic heterocycles. The van der Waals surface area contributed by atoms with Crippen LogP contribution < -0.4 is 5.30 Å². The van der Waals surface area contributed by atoms with Gasteiger partial charge in [-0.25, -0.2) is 4.79 Å². The van der Waals surface area contributed by atoms with Gasteiger partial charge in [0.2, 0.25) is 0 Å². The molecule has 174 valence electrons. The van der Waals surface area contributed by atoms with Gasteiger partial charge in [-0.1, -0.05) is 99.6 Å². The third-order valence-electron chi connectivity index (χ3n) is 3.63. The maximum absolute atomic E-state index is 12.1. The van der Waals surface area contributed by atoms with Gasteiger partial charge in [-0.2, -0.15) is 0 Å². The molecular formula is C26H17O7PW. The Labute approximate surface area is 219 Å². The van der Waals surface area contributed by atoms with Crippen LogP contribution in [0.25, 0.3) is 10.9 Å². The number of rotatable bonds is 5. The average molecular weight is 656 g/mol.